The number of imidazole rings is 1. The van der Waals surface area contributed by atoms with Crippen LogP contribution in [0.1, 0.15) is 0 Å². The molecule has 0 N–H and O–H groups in total. The van der Waals surface area contributed by atoms with Crippen LogP contribution in [0.3, 0.4) is 0 Å². The summed E-state index contributed by atoms with van der Waals surface area (Å²) in [4.78, 5) is 9.86. The van der Waals surface area contributed by atoms with E-state index in [9.17, 15) is 0 Å². The number of hydrogen-bond donors (Lipinski definition) is 0. The molecule has 0 aliphatic rings. The zero-order chi connectivity index (χ0) is 34.9. The Labute approximate surface area is 309 Å². The van der Waals surface area contributed by atoms with Gasteiger partial charge in [0, 0.05) is 66.3 Å². The van der Waals surface area contributed by atoms with Crippen LogP contribution in [0.15, 0.2) is 182 Å². The Kier molecular flexibility index (Phi) is 6.69. The normalized spacial score (nSPS) is 11.8. The molecule has 0 aliphatic carbocycles. The Bertz CT molecular complexity index is 3110. The van der Waals surface area contributed by atoms with Gasteiger partial charge >= 0.3 is 0 Å². The molecule has 0 fully saturated rings. The molecule has 0 saturated carbocycles. The number of rotatable bonds is 5. The summed E-state index contributed by atoms with van der Waals surface area (Å²) in [5.74, 6) is 0. The molecule has 0 amide bonds. The Balaban J connectivity index is 1.23. The van der Waals surface area contributed by atoms with Gasteiger partial charge in [-0.25, -0.2) is 4.98 Å². The lowest BCUT2D eigenvalue weighted by molar-refractivity contribution is 1.18. The molecule has 248 valence electrons. The minimum Gasteiger partial charge on any atom is -0.309 e. The third-order valence-electron chi connectivity index (χ3n) is 10.4. The summed E-state index contributed by atoms with van der Waals surface area (Å²) in [7, 11) is 0. The second kappa shape index (κ2) is 11.9. The molecule has 0 atom stereocenters. The molecule has 0 bridgehead atoms. The Morgan fingerprint density at radius 1 is 0.509 bits per heavy atom. The average molecular weight is 695 g/mol. The second-order valence-corrected chi connectivity index (χ2v) is 14.5. The van der Waals surface area contributed by atoms with Crippen molar-refractivity contribution in [3.63, 3.8) is 0 Å². The van der Waals surface area contributed by atoms with E-state index in [0.717, 1.165) is 44.9 Å². The van der Waals surface area contributed by atoms with Crippen molar-refractivity contribution >= 4 is 59.0 Å². The van der Waals surface area contributed by atoms with Crippen LogP contribution in [0.2, 0.25) is 0 Å². The molecular weight excluding hydrogens is 665 g/mol. The highest BCUT2D eigenvalue weighted by molar-refractivity contribution is 7.26. The lowest BCUT2D eigenvalue weighted by Gasteiger charge is -2.13. The Morgan fingerprint density at radius 3 is 1.94 bits per heavy atom. The van der Waals surface area contributed by atoms with Crippen molar-refractivity contribution in [3.8, 4) is 50.5 Å². The van der Waals surface area contributed by atoms with Crippen LogP contribution in [-0.2, 0) is 0 Å². The van der Waals surface area contributed by atoms with Gasteiger partial charge in [0.2, 0.25) is 0 Å². The van der Waals surface area contributed by atoms with Crippen molar-refractivity contribution in [2.45, 2.75) is 0 Å². The second-order valence-electron chi connectivity index (χ2n) is 13.5. The van der Waals surface area contributed by atoms with Crippen molar-refractivity contribution in [1.82, 2.24) is 18.9 Å². The van der Waals surface area contributed by atoms with Crippen LogP contribution >= 0.6 is 11.3 Å². The SMILES string of the molecule is c1ccc(-c2ccc3sc4c(cc(-c5ccccn5)c5c4c4cc(-c6ccccc6)ccc4n5-c4ccc(-c5cn6ccccc6n5)cc4)c3c2)cc1. The molecule has 5 heteroatoms. The minimum absolute atomic E-state index is 0.937. The number of aromatic nitrogens is 4. The number of pyridine rings is 2. The summed E-state index contributed by atoms with van der Waals surface area (Å²) in [6.07, 6.45) is 6.03. The Hall–Kier alpha value is -6.82. The molecular formula is C48H30N4S. The summed E-state index contributed by atoms with van der Waals surface area (Å²) < 4.78 is 7.07. The first-order valence-electron chi connectivity index (χ1n) is 17.8. The molecule has 0 spiro atoms. The van der Waals surface area contributed by atoms with Crippen molar-refractivity contribution < 1.29 is 0 Å². The summed E-state index contributed by atoms with van der Waals surface area (Å²) in [5, 5.41) is 5.00. The predicted molar refractivity (Wildman–Crippen MR) is 222 cm³/mol. The van der Waals surface area contributed by atoms with Gasteiger partial charge in [-0.15, -0.1) is 11.3 Å². The number of benzene rings is 6. The minimum atomic E-state index is 0.937. The largest absolute Gasteiger partial charge is 0.309 e. The van der Waals surface area contributed by atoms with E-state index < -0.39 is 0 Å². The topological polar surface area (TPSA) is 35.1 Å². The number of thiophene rings is 1. The van der Waals surface area contributed by atoms with Gasteiger partial charge in [0.25, 0.3) is 0 Å². The predicted octanol–water partition coefficient (Wildman–Crippen LogP) is 12.9. The third kappa shape index (κ3) is 4.82. The molecule has 0 aliphatic heterocycles. The van der Waals surface area contributed by atoms with Gasteiger partial charge < -0.3 is 8.97 Å². The fourth-order valence-corrected chi connectivity index (χ4v) is 9.12. The van der Waals surface area contributed by atoms with Crippen LogP contribution in [0.4, 0.5) is 0 Å². The van der Waals surface area contributed by atoms with E-state index in [1.54, 1.807) is 0 Å². The molecule has 11 aromatic rings. The van der Waals surface area contributed by atoms with Crippen molar-refractivity contribution in [1.29, 1.82) is 0 Å². The van der Waals surface area contributed by atoms with Gasteiger partial charge in [-0.1, -0.05) is 97.1 Å². The highest BCUT2D eigenvalue weighted by Crippen LogP contribution is 2.48. The molecule has 0 saturated heterocycles. The van der Waals surface area contributed by atoms with Crippen molar-refractivity contribution in [2.75, 3.05) is 0 Å². The molecule has 4 nitrogen and oxygen atoms in total. The quantitative estimate of drug-likeness (QED) is 0.180. The van der Waals surface area contributed by atoms with Crippen LogP contribution in [0.5, 0.6) is 0 Å². The smallest absolute Gasteiger partial charge is 0.137 e. The van der Waals surface area contributed by atoms with Gasteiger partial charge in [0.1, 0.15) is 5.65 Å². The maximum atomic E-state index is 4.96. The van der Waals surface area contributed by atoms with Crippen LogP contribution in [0.25, 0.3) is 98.1 Å². The fourth-order valence-electron chi connectivity index (χ4n) is 7.90. The zero-order valence-corrected chi connectivity index (χ0v) is 29.3. The standard InChI is InChI=1S/C48H30N4S/c1-3-11-31(12-4-1)34-19-23-43-40(28-34)46-47(52(43)36-21-17-33(18-22-36)42-30-51-26-10-8-16-45(51)50-42)39(41-15-7-9-25-49-41)29-38-37-27-35(32-13-5-2-6-14-32)20-24-44(37)53-48(38)46/h1-30H. The van der Waals surface area contributed by atoms with E-state index in [4.69, 9.17) is 9.97 Å². The summed E-state index contributed by atoms with van der Waals surface area (Å²) >= 11 is 1.88. The molecule has 5 heterocycles. The molecule has 53 heavy (non-hydrogen) atoms. The van der Waals surface area contributed by atoms with Gasteiger partial charge in [-0.2, -0.15) is 0 Å². The van der Waals surface area contributed by atoms with Crippen molar-refractivity contribution in [3.05, 3.63) is 182 Å². The van der Waals surface area contributed by atoms with Gasteiger partial charge in [0.15, 0.2) is 0 Å². The summed E-state index contributed by atoms with van der Waals surface area (Å²) in [6.45, 7) is 0. The molecule has 5 aromatic heterocycles. The first-order valence-corrected chi connectivity index (χ1v) is 18.6. The van der Waals surface area contributed by atoms with Crippen LogP contribution in [0, 0.1) is 0 Å². The summed E-state index contributed by atoms with van der Waals surface area (Å²) in [6, 6.07) is 58.7. The first-order chi connectivity index (χ1) is 26.3. The summed E-state index contributed by atoms with van der Waals surface area (Å²) in [5.41, 5.74) is 13.3. The fraction of sp³-hybridized carbons (Fsp3) is 0. The van der Waals surface area contributed by atoms with E-state index in [2.05, 4.69) is 155 Å². The van der Waals surface area contributed by atoms with Gasteiger partial charge in [-0.05, 0) is 89.0 Å². The van der Waals surface area contributed by atoms with E-state index in [-0.39, 0.29) is 0 Å². The molecule has 0 radical (unpaired) electrons. The van der Waals surface area contributed by atoms with E-state index in [1.807, 2.05) is 48.0 Å². The van der Waals surface area contributed by atoms with Crippen LogP contribution in [-0.4, -0.2) is 18.9 Å². The lowest BCUT2D eigenvalue weighted by Crippen LogP contribution is -1.96. The number of fused-ring (bicyclic) bond motifs is 8. The van der Waals surface area contributed by atoms with E-state index >= 15 is 0 Å². The lowest BCUT2D eigenvalue weighted by atomic mass is 9.98. The maximum absolute atomic E-state index is 4.96. The van der Waals surface area contributed by atoms with Crippen LogP contribution < -0.4 is 0 Å². The highest BCUT2D eigenvalue weighted by atomic mass is 32.1. The molecule has 6 aromatic carbocycles. The van der Waals surface area contributed by atoms with Gasteiger partial charge in [0.05, 0.1) is 22.4 Å². The third-order valence-corrected chi connectivity index (χ3v) is 11.6. The molecule has 11 rings (SSSR count). The van der Waals surface area contributed by atoms with E-state index in [1.165, 1.54) is 53.2 Å². The maximum Gasteiger partial charge on any atom is 0.137 e. The average Bonchev–Trinajstić information content (AvgIpc) is 3.93. The number of hydrogen-bond acceptors (Lipinski definition) is 3. The molecule has 0 unspecified atom stereocenters. The Morgan fingerprint density at radius 2 is 1.21 bits per heavy atom. The first kappa shape index (κ1) is 29.9. The monoisotopic (exact) mass is 694 g/mol. The van der Waals surface area contributed by atoms with Crippen molar-refractivity contribution in [2.24, 2.45) is 0 Å². The zero-order valence-electron chi connectivity index (χ0n) is 28.5. The van der Waals surface area contributed by atoms with Gasteiger partial charge in [-0.3, -0.25) is 4.98 Å². The highest BCUT2D eigenvalue weighted by Gasteiger charge is 2.23. The number of nitrogens with zero attached hydrogens (tertiary/aromatic N) is 4. The van der Waals surface area contributed by atoms with E-state index in [0.29, 0.717) is 0 Å².